The van der Waals surface area contributed by atoms with Crippen molar-refractivity contribution >= 4 is 51.0 Å². The van der Waals surface area contributed by atoms with E-state index in [1.807, 2.05) is 30.3 Å². The summed E-state index contributed by atoms with van der Waals surface area (Å²) in [5, 5.41) is 12.1. The van der Waals surface area contributed by atoms with Crippen molar-refractivity contribution in [1.82, 2.24) is 9.97 Å². The maximum atomic E-state index is 11.4. The fourth-order valence-corrected chi connectivity index (χ4v) is 3.03. The average molecular weight is 405 g/mol. The Morgan fingerprint density at radius 3 is 2.15 bits per heavy atom. The molecule has 0 atom stereocenters. The van der Waals surface area contributed by atoms with Crippen LogP contribution in [0.3, 0.4) is 0 Å². The number of esters is 1. The van der Waals surface area contributed by atoms with E-state index in [4.69, 9.17) is 33.0 Å². The molecule has 0 aliphatic rings. The zero-order chi connectivity index (χ0) is 19.4. The van der Waals surface area contributed by atoms with Crippen LogP contribution in [0.15, 0.2) is 48.5 Å². The summed E-state index contributed by atoms with van der Waals surface area (Å²) in [6, 6.07) is 14.6. The molecule has 0 bridgehead atoms. The van der Waals surface area contributed by atoms with Crippen LogP contribution < -0.4 is 0 Å². The number of rotatable bonds is 3. The molecule has 2 aromatic carbocycles. The number of nitrogens with one attached hydrogen (secondary N) is 2. The summed E-state index contributed by atoms with van der Waals surface area (Å²) < 4.78 is 4.88. The Bertz CT molecular complexity index is 1090. The van der Waals surface area contributed by atoms with Crippen LogP contribution in [0, 0.1) is 0 Å². The van der Waals surface area contributed by atoms with Gasteiger partial charge in [-0.2, -0.15) is 0 Å². The zero-order valence-corrected chi connectivity index (χ0v) is 16.1. The monoisotopic (exact) mass is 404 g/mol. The zero-order valence-electron chi connectivity index (χ0n) is 14.6. The molecular weight excluding hydrogens is 387 g/mol. The van der Waals surface area contributed by atoms with Gasteiger partial charge in [-0.3, -0.25) is 0 Å². The molecule has 0 fully saturated rings. The van der Waals surface area contributed by atoms with Gasteiger partial charge in [0, 0.05) is 37.5 Å². The minimum atomic E-state index is -0.343. The van der Waals surface area contributed by atoms with Gasteiger partial charge in [0.05, 0.1) is 13.2 Å². The SMILES string of the molecule is CCOC(=O)c1cc2cc(Cl)ccc2[nH]1.OCc1cc2cc(Cl)ccc2[nH]1. The summed E-state index contributed by atoms with van der Waals surface area (Å²) in [5.74, 6) is -0.343. The third-order valence-electron chi connectivity index (χ3n) is 3.89. The number of aliphatic hydroxyl groups excluding tert-OH is 1. The van der Waals surface area contributed by atoms with E-state index in [0.29, 0.717) is 22.3 Å². The fourth-order valence-electron chi connectivity index (χ4n) is 2.67. The minimum absolute atomic E-state index is 0.0340. The van der Waals surface area contributed by atoms with E-state index in [1.165, 1.54) is 0 Å². The van der Waals surface area contributed by atoms with Gasteiger partial charge in [0.2, 0.25) is 0 Å². The van der Waals surface area contributed by atoms with Gasteiger partial charge in [0.25, 0.3) is 0 Å². The molecule has 7 heteroatoms. The molecule has 3 N–H and O–H groups in total. The lowest BCUT2D eigenvalue weighted by atomic mass is 10.2. The molecule has 0 aliphatic heterocycles. The molecule has 4 aromatic rings. The molecule has 140 valence electrons. The molecule has 0 radical (unpaired) electrons. The van der Waals surface area contributed by atoms with Gasteiger partial charge >= 0.3 is 5.97 Å². The molecule has 5 nitrogen and oxygen atoms in total. The van der Waals surface area contributed by atoms with Crippen molar-refractivity contribution in [2.24, 2.45) is 0 Å². The lowest BCUT2D eigenvalue weighted by molar-refractivity contribution is 0.0520. The summed E-state index contributed by atoms with van der Waals surface area (Å²) in [6.07, 6.45) is 0. The molecule has 27 heavy (non-hydrogen) atoms. The molecule has 2 heterocycles. The summed E-state index contributed by atoms with van der Waals surface area (Å²) in [6.45, 7) is 2.18. The summed E-state index contributed by atoms with van der Waals surface area (Å²) in [7, 11) is 0. The number of benzene rings is 2. The Morgan fingerprint density at radius 2 is 1.56 bits per heavy atom. The third kappa shape index (κ3) is 4.63. The first kappa shape index (κ1) is 19.3. The predicted molar refractivity (Wildman–Crippen MR) is 108 cm³/mol. The van der Waals surface area contributed by atoms with Crippen molar-refractivity contribution in [1.29, 1.82) is 0 Å². The number of ether oxygens (including phenoxy) is 1. The van der Waals surface area contributed by atoms with E-state index in [1.54, 1.807) is 25.1 Å². The van der Waals surface area contributed by atoms with Gasteiger partial charge in [-0.1, -0.05) is 23.2 Å². The number of carbonyl (C=O) groups excluding carboxylic acids is 1. The number of hydrogen-bond donors (Lipinski definition) is 3. The van der Waals surface area contributed by atoms with Gasteiger partial charge in [-0.25, -0.2) is 4.79 Å². The second-order valence-electron chi connectivity index (χ2n) is 5.82. The molecular formula is C20H18Cl2N2O3. The van der Waals surface area contributed by atoms with Crippen LogP contribution in [0.1, 0.15) is 23.1 Å². The highest BCUT2D eigenvalue weighted by Crippen LogP contribution is 2.21. The van der Waals surface area contributed by atoms with Gasteiger partial charge < -0.3 is 19.8 Å². The Hall–Kier alpha value is -2.47. The van der Waals surface area contributed by atoms with Crippen molar-refractivity contribution in [3.05, 3.63) is 70.0 Å². The van der Waals surface area contributed by atoms with Crippen LogP contribution in [-0.4, -0.2) is 27.7 Å². The van der Waals surface area contributed by atoms with E-state index in [0.717, 1.165) is 27.5 Å². The first-order valence-electron chi connectivity index (χ1n) is 8.33. The van der Waals surface area contributed by atoms with E-state index < -0.39 is 0 Å². The number of carbonyl (C=O) groups is 1. The van der Waals surface area contributed by atoms with Crippen LogP contribution in [0.25, 0.3) is 21.8 Å². The Labute approximate surface area is 165 Å². The second kappa shape index (κ2) is 8.48. The number of fused-ring (bicyclic) bond motifs is 2. The number of aromatic amines is 2. The minimum Gasteiger partial charge on any atom is -0.461 e. The average Bonchev–Trinajstić information content (AvgIpc) is 3.25. The topological polar surface area (TPSA) is 78.1 Å². The normalized spacial score (nSPS) is 10.7. The quantitative estimate of drug-likeness (QED) is 0.404. The maximum absolute atomic E-state index is 11.4. The van der Waals surface area contributed by atoms with Crippen LogP contribution in [0.5, 0.6) is 0 Å². The summed E-state index contributed by atoms with van der Waals surface area (Å²) >= 11 is 11.6. The molecule has 4 rings (SSSR count). The molecule has 0 aliphatic carbocycles. The van der Waals surface area contributed by atoms with E-state index in [-0.39, 0.29) is 12.6 Å². The second-order valence-corrected chi connectivity index (χ2v) is 6.69. The van der Waals surface area contributed by atoms with Crippen molar-refractivity contribution in [2.75, 3.05) is 6.61 Å². The maximum Gasteiger partial charge on any atom is 0.354 e. The van der Waals surface area contributed by atoms with Crippen LogP contribution in [0.4, 0.5) is 0 Å². The molecule has 0 spiro atoms. The lowest BCUT2D eigenvalue weighted by Gasteiger charge is -1.96. The summed E-state index contributed by atoms with van der Waals surface area (Å²) in [5.41, 5.74) is 3.15. The van der Waals surface area contributed by atoms with Crippen molar-refractivity contribution in [2.45, 2.75) is 13.5 Å². The lowest BCUT2D eigenvalue weighted by Crippen LogP contribution is -2.04. The molecule has 0 saturated carbocycles. The third-order valence-corrected chi connectivity index (χ3v) is 4.36. The molecule has 2 aromatic heterocycles. The van der Waals surface area contributed by atoms with Crippen LogP contribution >= 0.6 is 23.2 Å². The Balaban J connectivity index is 0.000000159. The van der Waals surface area contributed by atoms with Crippen LogP contribution in [-0.2, 0) is 11.3 Å². The van der Waals surface area contributed by atoms with Gasteiger partial charge in [-0.15, -0.1) is 0 Å². The van der Waals surface area contributed by atoms with E-state index in [9.17, 15) is 4.79 Å². The number of halogens is 2. The van der Waals surface area contributed by atoms with Gasteiger partial charge in [0.15, 0.2) is 0 Å². The first-order valence-corrected chi connectivity index (χ1v) is 9.09. The predicted octanol–water partition coefficient (Wildman–Crippen LogP) is 5.31. The largest absolute Gasteiger partial charge is 0.461 e. The Kier molecular flexibility index (Phi) is 6.06. The molecule has 0 amide bonds. The Morgan fingerprint density at radius 1 is 0.963 bits per heavy atom. The van der Waals surface area contributed by atoms with Gasteiger partial charge in [0.1, 0.15) is 5.69 Å². The van der Waals surface area contributed by atoms with Gasteiger partial charge in [-0.05, 0) is 55.5 Å². The summed E-state index contributed by atoms with van der Waals surface area (Å²) in [4.78, 5) is 17.5. The number of H-pyrrole nitrogens is 2. The highest BCUT2D eigenvalue weighted by molar-refractivity contribution is 6.31. The fraction of sp³-hybridized carbons (Fsp3) is 0.150. The molecule has 0 saturated heterocycles. The van der Waals surface area contributed by atoms with E-state index in [2.05, 4.69) is 9.97 Å². The highest BCUT2D eigenvalue weighted by atomic mass is 35.5. The van der Waals surface area contributed by atoms with Crippen molar-refractivity contribution in [3.8, 4) is 0 Å². The van der Waals surface area contributed by atoms with Crippen LogP contribution in [0.2, 0.25) is 10.0 Å². The van der Waals surface area contributed by atoms with E-state index >= 15 is 0 Å². The van der Waals surface area contributed by atoms with Crippen molar-refractivity contribution in [3.63, 3.8) is 0 Å². The highest BCUT2D eigenvalue weighted by Gasteiger charge is 2.09. The molecule has 0 unspecified atom stereocenters. The first-order chi connectivity index (χ1) is 13.0. The smallest absolute Gasteiger partial charge is 0.354 e. The standard InChI is InChI=1S/C11H10ClNO2.C9H8ClNO/c1-2-15-11(14)10-6-7-5-8(12)3-4-9(7)13-10;10-7-1-2-9-6(3-7)4-8(5-12)11-9/h3-6,13H,2H2,1H3;1-4,11-12H,5H2. The number of hydrogen-bond acceptors (Lipinski definition) is 3. The number of aromatic nitrogens is 2. The number of aliphatic hydroxyl groups is 1. The van der Waals surface area contributed by atoms with Crippen molar-refractivity contribution < 1.29 is 14.6 Å².